The van der Waals surface area contributed by atoms with Gasteiger partial charge in [-0.2, -0.15) is 0 Å². The lowest BCUT2D eigenvalue weighted by Crippen LogP contribution is -2.47. The van der Waals surface area contributed by atoms with E-state index in [0.29, 0.717) is 19.6 Å². The fraction of sp³-hybridized carbons (Fsp3) is 0.609. The van der Waals surface area contributed by atoms with Crippen LogP contribution in [0.4, 0.5) is 5.69 Å². The second-order valence-electron chi connectivity index (χ2n) is 8.73. The van der Waals surface area contributed by atoms with E-state index in [1.54, 1.807) is 4.90 Å². The van der Waals surface area contributed by atoms with E-state index >= 15 is 0 Å². The molecule has 6 heteroatoms. The highest BCUT2D eigenvalue weighted by atomic mass is 16.2. The molecule has 6 nitrogen and oxygen atoms in total. The molecule has 29 heavy (non-hydrogen) atoms. The molecule has 1 unspecified atom stereocenters. The number of rotatable bonds is 3. The summed E-state index contributed by atoms with van der Waals surface area (Å²) in [6.45, 7) is 5.49. The molecule has 0 N–H and O–H groups in total. The van der Waals surface area contributed by atoms with E-state index in [0.717, 1.165) is 50.0 Å². The van der Waals surface area contributed by atoms with Crippen molar-refractivity contribution in [1.29, 1.82) is 0 Å². The number of hydrogen-bond donors (Lipinski definition) is 0. The summed E-state index contributed by atoms with van der Waals surface area (Å²) in [5, 5.41) is 0. The van der Waals surface area contributed by atoms with Crippen LogP contribution in [0.3, 0.4) is 0 Å². The Morgan fingerprint density at radius 3 is 2.07 bits per heavy atom. The molecule has 4 rings (SSSR count). The van der Waals surface area contributed by atoms with Crippen molar-refractivity contribution in [3.63, 3.8) is 0 Å². The van der Waals surface area contributed by atoms with Crippen LogP contribution in [0.2, 0.25) is 0 Å². The monoisotopic (exact) mass is 397 g/mol. The summed E-state index contributed by atoms with van der Waals surface area (Å²) in [4.78, 5) is 43.8. The van der Waals surface area contributed by atoms with Gasteiger partial charge in [0.2, 0.25) is 17.7 Å². The van der Waals surface area contributed by atoms with Crippen molar-refractivity contribution < 1.29 is 14.4 Å². The average Bonchev–Trinajstić information content (AvgIpc) is 3.15. The lowest BCUT2D eigenvalue weighted by molar-refractivity contribution is -0.143. The summed E-state index contributed by atoms with van der Waals surface area (Å²) in [6.07, 6.45) is 5.19. The molecule has 3 aliphatic rings. The SMILES string of the molecule is Cc1ccc(N2CC(C(=O)N3CCC(C(=O)N4CCCCC4)CC3)CC2=O)cc1. The van der Waals surface area contributed by atoms with Crippen molar-refractivity contribution in [2.75, 3.05) is 37.6 Å². The third-order valence-corrected chi connectivity index (χ3v) is 6.64. The van der Waals surface area contributed by atoms with E-state index < -0.39 is 0 Å². The molecule has 3 fully saturated rings. The van der Waals surface area contributed by atoms with E-state index in [1.807, 2.05) is 41.0 Å². The lowest BCUT2D eigenvalue weighted by atomic mass is 9.93. The van der Waals surface area contributed by atoms with Crippen LogP contribution in [0.25, 0.3) is 0 Å². The van der Waals surface area contributed by atoms with E-state index in [1.165, 1.54) is 6.42 Å². The van der Waals surface area contributed by atoms with E-state index in [2.05, 4.69) is 0 Å². The number of anilines is 1. The summed E-state index contributed by atoms with van der Waals surface area (Å²) in [7, 11) is 0. The minimum Gasteiger partial charge on any atom is -0.342 e. The van der Waals surface area contributed by atoms with Crippen LogP contribution in [-0.2, 0) is 14.4 Å². The summed E-state index contributed by atoms with van der Waals surface area (Å²) in [5.74, 6) is 0.127. The molecule has 0 radical (unpaired) electrons. The van der Waals surface area contributed by atoms with Gasteiger partial charge in [-0.1, -0.05) is 17.7 Å². The maximum absolute atomic E-state index is 13.0. The summed E-state index contributed by atoms with van der Waals surface area (Å²) >= 11 is 0. The Kier molecular flexibility index (Phi) is 5.88. The summed E-state index contributed by atoms with van der Waals surface area (Å²) in [6, 6.07) is 7.86. The van der Waals surface area contributed by atoms with Crippen LogP contribution < -0.4 is 4.90 Å². The molecular weight excluding hydrogens is 366 g/mol. The van der Waals surface area contributed by atoms with Gasteiger partial charge in [-0.05, 0) is 51.2 Å². The average molecular weight is 398 g/mol. The normalized spacial score (nSPS) is 23.6. The van der Waals surface area contributed by atoms with Crippen LogP contribution in [0.1, 0.15) is 44.1 Å². The maximum Gasteiger partial charge on any atom is 0.228 e. The molecule has 3 aliphatic heterocycles. The third kappa shape index (κ3) is 4.31. The maximum atomic E-state index is 13.0. The predicted molar refractivity (Wildman–Crippen MR) is 111 cm³/mol. The van der Waals surface area contributed by atoms with Gasteiger partial charge in [-0.3, -0.25) is 14.4 Å². The molecule has 3 saturated heterocycles. The number of piperidine rings is 2. The molecule has 1 aromatic rings. The Labute approximate surface area is 172 Å². The fourth-order valence-electron chi connectivity index (χ4n) is 4.82. The second kappa shape index (κ2) is 8.56. The number of amides is 3. The first-order valence-corrected chi connectivity index (χ1v) is 11.0. The Morgan fingerprint density at radius 2 is 1.41 bits per heavy atom. The van der Waals surface area contributed by atoms with Crippen molar-refractivity contribution in [3.05, 3.63) is 29.8 Å². The zero-order chi connectivity index (χ0) is 20.4. The molecular formula is C23H31N3O3. The lowest BCUT2D eigenvalue weighted by Gasteiger charge is -2.36. The molecule has 1 aromatic carbocycles. The standard InChI is InChI=1S/C23H31N3O3/c1-17-5-7-20(8-6-17)26-16-19(15-21(26)27)23(29)25-13-9-18(10-14-25)22(28)24-11-3-2-4-12-24/h5-8,18-19H,2-4,9-16H2,1H3. The molecule has 1 atom stereocenters. The number of carbonyl (C=O) groups is 3. The van der Waals surface area contributed by atoms with Gasteiger partial charge < -0.3 is 14.7 Å². The first-order valence-electron chi connectivity index (χ1n) is 11.0. The van der Waals surface area contributed by atoms with Gasteiger partial charge >= 0.3 is 0 Å². The van der Waals surface area contributed by atoms with Gasteiger partial charge in [0.15, 0.2) is 0 Å². The predicted octanol–water partition coefficient (Wildman–Crippen LogP) is 2.60. The Balaban J connectivity index is 1.31. The van der Waals surface area contributed by atoms with Crippen LogP contribution >= 0.6 is 0 Å². The van der Waals surface area contributed by atoms with Gasteiger partial charge in [0.05, 0.1) is 5.92 Å². The van der Waals surface area contributed by atoms with Crippen LogP contribution in [0, 0.1) is 18.8 Å². The zero-order valence-electron chi connectivity index (χ0n) is 17.3. The van der Waals surface area contributed by atoms with Crippen molar-refractivity contribution in [2.45, 2.75) is 45.4 Å². The Hall–Kier alpha value is -2.37. The van der Waals surface area contributed by atoms with Gasteiger partial charge in [0, 0.05) is 50.7 Å². The molecule has 0 bridgehead atoms. The number of benzene rings is 1. The van der Waals surface area contributed by atoms with E-state index in [4.69, 9.17) is 0 Å². The first kappa shape index (κ1) is 19.9. The van der Waals surface area contributed by atoms with Crippen LogP contribution in [0.15, 0.2) is 24.3 Å². The summed E-state index contributed by atoms with van der Waals surface area (Å²) < 4.78 is 0. The molecule has 0 saturated carbocycles. The van der Waals surface area contributed by atoms with Crippen LogP contribution in [0.5, 0.6) is 0 Å². The molecule has 0 aromatic heterocycles. The minimum absolute atomic E-state index is 0.0161. The fourth-order valence-corrected chi connectivity index (χ4v) is 4.82. The van der Waals surface area contributed by atoms with Gasteiger partial charge in [-0.15, -0.1) is 0 Å². The smallest absolute Gasteiger partial charge is 0.228 e. The first-order chi connectivity index (χ1) is 14.0. The molecule has 0 spiro atoms. The largest absolute Gasteiger partial charge is 0.342 e. The number of nitrogens with zero attached hydrogens (tertiary/aromatic N) is 3. The quantitative estimate of drug-likeness (QED) is 0.788. The zero-order valence-corrected chi connectivity index (χ0v) is 17.3. The Morgan fingerprint density at radius 1 is 0.828 bits per heavy atom. The number of carbonyl (C=O) groups excluding carboxylic acids is 3. The highest BCUT2D eigenvalue weighted by Crippen LogP contribution is 2.29. The third-order valence-electron chi connectivity index (χ3n) is 6.64. The minimum atomic E-state index is -0.279. The van der Waals surface area contributed by atoms with E-state index in [9.17, 15) is 14.4 Å². The van der Waals surface area contributed by atoms with Gasteiger partial charge in [-0.25, -0.2) is 0 Å². The topological polar surface area (TPSA) is 60.9 Å². The van der Waals surface area contributed by atoms with Crippen molar-refractivity contribution in [3.8, 4) is 0 Å². The Bertz CT molecular complexity index is 762. The number of likely N-dealkylation sites (tertiary alicyclic amines) is 2. The second-order valence-corrected chi connectivity index (χ2v) is 8.73. The van der Waals surface area contributed by atoms with Crippen molar-refractivity contribution in [2.24, 2.45) is 11.8 Å². The highest BCUT2D eigenvalue weighted by Gasteiger charge is 2.39. The van der Waals surface area contributed by atoms with Gasteiger partial charge in [0.25, 0.3) is 0 Å². The number of aryl methyl sites for hydroxylation is 1. The van der Waals surface area contributed by atoms with Crippen molar-refractivity contribution in [1.82, 2.24) is 9.80 Å². The number of hydrogen-bond acceptors (Lipinski definition) is 3. The summed E-state index contributed by atoms with van der Waals surface area (Å²) in [5.41, 5.74) is 2.01. The van der Waals surface area contributed by atoms with Gasteiger partial charge in [0.1, 0.15) is 0 Å². The molecule has 156 valence electrons. The molecule has 3 amide bonds. The molecule has 0 aliphatic carbocycles. The highest BCUT2D eigenvalue weighted by molar-refractivity contribution is 6.00. The van der Waals surface area contributed by atoms with E-state index in [-0.39, 0.29) is 36.0 Å². The van der Waals surface area contributed by atoms with Crippen LogP contribution in [-0.4, -0.2) is 60.2 Å². The van der Waals surface area contributed by atoms with Crippen molar-refractivity contribution >= 4 is 23.4 Å². The molecule has 3 heterocycles.